The van der Waals surface area contributed by atoms with Gasteiger partial charge in [0.25, 0.3) is 0 Å². The molecule has 1 rings (SSSR count). The van der Waals surface area contributed by atoms with Crippen LogP contribution in [0.5, 0.6) is 0 Å². The van der Waals surface area contributed by atoms with Crippen molar-refractivity contribution in [2.24, 2.45) is 10.8 Å². The summed E-state index contributed by atoms with van der Waals surface area (Å²) in [6, 6.07) is -0.762. The Morgan fingerprint density at radius 1 is 1.18 bits per heavy atom. The van der Waals surface area contributed by atoms with Gasteiger partial charge in [-0.25, -0.2) is 0 Å². The van der Waals surface area contributed by atoms with Crippen molar-refractivity contribution in [2.75, 3.05) is 11.5 Å². The number of carboxylic acid groups (broad SMARTS) is 2. The number of hydrogen-bond acceptors (Lipinski definition) is 7. The third-order valence-corrected chi connectivity index (χ3v) is 7.21. The third-order valence-electron chi connectivity index (χ3n) is 6.06. The molecule has 0 saturated heterocycles. The number of Topliss-reactive ketones (excluding diaryl/α,β-unsaturated/α-hetero) is 1. The standard InChI is InChI=1S/C23H38N2O6S.Na/c1-15(26)12-22(4,5)25-17(19(29)30)13-32-11-9-7-8-10-16(18(27)28)24-20(31)23(6)14-21(23,2)3;/h10,17,25H,7-9,11-14H2,1-6H3,(H,24,31)(H,27,28)(H,29,30);/q;+1/p-1/b16-10-;/t17-,23+;/m0./s1. The van der Waals surface area contributed by atoms with E-state index < -0.39 is 28.9 Å². The van der Waals surface area contributed by atoms with Crippen LogP contribution >= 0.6 is 11.8 Å². The van der Waals surface area contributed by atoms with E-state index >= 15 is 0 Å². The summed E-state index contributed by atoms with van der Waals surface area (Å²) in [4.78, 5) is 46.6. The van der Waals surface area contributed by atoms with E-state index in [4.69, 9.17) is 0 Å². The molecule has 8 nitrogen and oxygen atoms in total. The largest absolute Gasteiger partial charge is 1.00 e. The summed E-state index contributed by atoms with van der Waals surface area (Å²) in [6.07, 6.45) is 4.37. The Morgan fingerprint density at radius 3 is 2.21 bits per heavy atom. The number of unbranched alkanes of at least 4 members (excludes halogenated alkanes) is 2. The number of hydrogen-bond donors (Lipinski definition) is 3. The molecular weight excluding hydrogens is 455 g/mol. The average molecular weight is 493 g/mol. The number of carbonyl (C=O) groups is 4. The van der Waals surface area contributed by atoms with Gasteiger partial charge in [-0.05, 0) is 57.6 Å². The van der Waals surface area contributed by atoms with E-state index in [0.29, 0.717) is 30.8 Å². The Morgan fingerprint density at radius 2 is 1.76 bits per heavy atom. The second kappa shape index (κ2) is 13.3. The summed E-state index contributed by atoms with van der Waals surface area (Å²) in [5.41, 5.74) is -1.51. The molecule has 0 aliphatic heterocycles. The smallest absolute Gasteiger partial charge is 0.543 e. The molecule has 1 amide bonds. The molecule has 3 N–H and O–H groups in total. The number of thioether (sulfide) groups is 1. The number of nitrogens with one attached hydrogen (secondary N) is 2. The average Bonchev–Trinajstić information content (AvgIpc) is 3.16. The van der Waals surface area contributed by atoms with Gasteiger partial charge in [-0.15, -0.1) is 0 Å². The fraction of sp³-hybridized carbons (Fsp3) is 0.739. The molecule has 0 bridgehead atoms. The van der Waals surface area contributed by atoms with E-state index in [1.165, 1.54) is 24.8 Å². The minimum Gasteiger partial charge on any atom is -0.543 e. The van der Waals surface area contributed by atoms with Gasteiger partial charge in [0, 0.05) is 17.7 Å². The minimum atomic E-state index is -1.40. The molecule has 0 radical (unpaired) electrons. The molecule has 0 aromatic heterocycles. The van der Waals surface area contributed by atoms with Crippen molar-refractivity contribution < 1.29 is 58.9 Å². The molecule has 0 aromatic rings. The number of ketones is 1. The zero-order valence-electron chi connectivity index (χ0n) is 21.0. The number of amides is 1. The van der Waals surface area contributed by atoms with Crippen LogP contribution in [0.4, 0.5) is 0 Å². The zero-order valence-corrected chi connectivity index (χ0v) is 23.8. The fourth-order valence-corrected chi connectivity index (χ4v) is 4.83. The maximum atomic E-state index is 12.4. The van der Waals surface area contributed by atoms with Crippen LogP contribution in [-0.4, -0.2) is 51.8 Å². The van der Waals surface area contributed by atoms with Crippen molar-refractivity contribution in [3.63, 3.8) is 0 Å². The Hall–Kier alpha value is -0.870. The topological polar surface area (TPSA) is 136 Å². The van der Waals surface area contributed by atoms with Gasteiger partial charge in [0.15, 0.2) is 0 Å². The second-order valence-corrected chi connectivity index (χ2v) is 11.3. The van der Waals surface area contributed by atoms with Crippen molar-refractivity contribution in [1.29, 1.82) is 0 Å². The monoisotopic (exact) mass is 492 g/mol. The molecular formula is C23H37N2NaO6S. The van der Waals surface area contributed by atoms with Gasteiger partial charge in [-0.2, -0.15) is 11.8 Å². The van der Waals surface area contributed by atoms with Gasteiger partial charge in [0.1, 0.15) is 11.8 Å². The number of carboxylic acids is 2. The molecule has 182 valence electrons. The first-order valence-electron chi connectivity index (χ1n) is 10.9. The molecule has 1 aliphatic carbocycles. The fourth-order valence-electron chi connectivity index (χ4n) is 3.79. The Balaban J connectivity index is 0.0000102. The molecule has 1 fully saturated rings. The Bertz CT molecular complexity index is 768. The zero-order chi connectivity index (χ0) is 24.7. The first kappa shape index (κ1) is 32.1. The molecule has 0 aromatic carbocycles. The summed E-state index contributed by atoms with van der Waals surface area (Å²) >= 11 is 1.49. The Labute approximate surface area is 223 Å². The van der Waals surface area contributed by atoms with Gasteiger partial charge < -0.3 is 20.3 Å². The SMILES string of the molecule is CC(=O)CC(C)(C)N[C@@H](CSCCCC/C=C(\NC(=O)[C@@]1(C)CC1(C)C)C(=O)[O-])C(=O)O.[Na+]. The maximum Gasteiger partial charge on any atom is 1.00 e. The summed E-state index contributed by atoms with van der Waals surface area (Å²) in [6.45, 7) is 10.9. The first-order valence-corrected chi connectivity index (χ1v) is 12.1. The summed E-state index contributed by atoms with van der Waals surface area (Å²) in [7, 11) is 0. The van der Waals surface area contributed by atoms with Gasteiger partial charge in [-0.3, -0.25) is 19.7 Å². The van der Waals surface area contributed by atoms with E-state index in [-0.39, 0.29) is 58.8 Å². The van der Waals surface area contributed by atoms with Crippen LogP contribution in [-0.2, 0) is 19.2 Å². The molecule has 10 heteroatoms. The summed E-state index contributed by atoms with van der Waals surface area (Å²) in [5, 5.41) is 26.3. The van der Waals surface area contributed by atoms with Gasteiger partial charge in [-0.1, -0.05) is 26.8 Å². The number of carbonyl (C=O) groups excluding carboxylic acids is 3. The number of aliphatic carboxylic acids is 2. The van der Waals surface area contributed by atoms with Crippen molar-refractivity contribution >= 4 is 35.4 Å². The van der Waals surface area contributed by atoms with Crippen molar-refractivity contribution in [3.05, 3.63) is 11.8 Å². The van der Waals surface area contributed by atoms with Crippen molar-refractivity contribution in [3.8, 4) is 0 Å². The number of allylic oxidation sites excluding steroid dienone is 1. The van der Waals surface area contributed by atoms with Crippen molar-refractivity contribution in [1.82, 2.24) is 10.6 Å². The predicted octanol–water partition coefficient (Wildman–Crippen LogP) is -1.12. The predicted molar refractivity (Wildman–Crippen MR) is 123 cm³/mol. The van der Waals surface area contributed by atoms with Gasteiger partial charge in [0.2, 0.25) is 5.91 Å². The normalized spacial score (nSPS) is 20.4. The summed E-state index contributed by atoms with van der Waals surface area (Å²) < 4.78 is 0. The number of rotatable bonds is 15. The van der Waals surface area contributed by atoms with Crippen LogP contribution in [0.2, 0.25) is 0 Å². The van der Waals surface area contributed by atoms with Crippen LogP contribution in [0.25, 0.3) is 0 Å². The molecule has 1 saturated carbocycles. The molecule has 33 heavy (non-hydrogen) atoms. The molecule has 1 aliphatic rings. The van der Waals surface area contributed by atoms with E-state index in [1.54, 1.807) is 13.8 Å². The second-order valence-electron chi connectivity index (χ2n) is 10.1. The van der Waals surface area contributed by atoms with Crippen LogP contribution in [0.15, 0.2) is 11.8 Å². The minimum absolute atomic E-state index is 0. The van der Waals surface area contributed by atoms with Crippen LogP contribution in [0.3, 0.4) is 0 Å². The van der Waals surface area contributed by atoms with Gasteiger partial charge in [0.05, 0.1) is 17.1 Å². The Kier molecular flexibility index (Phi) is 12.9. The van der Waals surface area contributed by atoms with E-state index in [1.807, 2.05) is 20.8 Å². The van der Waals surface area contributed by atoms with E-state index in [0.717, 1.165) is 6.42 Å². The van der Waals surface area contributed by atoms with Crippen LogP contribution in [0, 0.1) is 10.8 Å². The molecule has 0 heterocycles. The van der Waals surface area contributed by atoms with Crippen LogP contribution < -0.4 is 45.3 Å². The maximum absolute atomic E-state index is 12.4. The first-order chi connectivity index (χ1) is 14.6. The van der Waals surface area contributed by atoms with E-state index in [2.05, 4.69) is 10.6 Å². The van der Waals surface area contributed by atoms with Crippen LogP contribution in [0.1, 0.15) is 73.6 Å². The molecule has 2 atom stereocenters. The van der Waals surface area contributed by atoms with Crippen molar-refractivity contribution in [2.45, 2.75) is 85.2 Å². The third kappa shape index (κ3) is 10.5. The van der Waals surface area contributed by atoms with E-state index in [9.17, 15) is 29.4 Å². The molecule has 0 spiro atoms. The summed E-state index contributed by atoms with van der Waals surface area (Å²) in [5.74, 6) is -1.59. The van der Waals surface area contributed by atoms with Gasteiger partial charge >= 0.3 is 35.5 Å². The molecule has 0 unspecified atom stereocenters. The quantitative estimate of drug-likeness (QED) is 0.149.